The average Bonchev–Trinajstić information content (AvgIpc) is 2.77. The van der Waals surface area contributed by atoms with E-state index < -0.39 is 10.0 Å². The van der Waals surface area contributed by atoms with Crippen molar-refractivity contribution in [2.24, 2.45) is 0 Å². The number of hydrogen-bond donors (Lipinski definition) is 2. The van der Waals surface area contributed by atoms with Gasteiger partial charge in [0.2, 0.25) is 15.9 Å². The van der Waals surface area contributed by atoms with Gasteiger partial charge in [-0.15, -0.1) is 5.10 Å². The summed E-state index contributed by atoms with van der Waals surface area (Å²) >= 11 is 5.92. The Balaban J connectivity index is 1.99. The van der Waals surface area contributed by atoms with E-state index in [1.54, 1.807) is 24.3 Å². The highest BCUT2D eigenvalue weighted by molar-refractivity contribution is 7.92. The number of halogens is 1. The van der Waals surface area contributed by atoms with E-state index in [-0.39, 0.29) is 18.3 Å². The zero-order chi connectivity index (χ0) is 15.5. The maximum atomic E-state index is 11.8. The van der Waals surface area contributed by atoms with Gasteiger partial charge in [0, 0.05) is 0 Å². The normalized spacial score (nSPS) is 11.1. The van der Waals surface area contributed by atoms with Gasteiger partial charge in [-0.25, -0.2) is 13.1 Å². The number of sulfonamides is 1. The van der Waals surface area contributed by atoms with Gasteiger partial charge in [0.25, 0.3) is 0 Å². The van der Waals surface area contributed by atoms with Crippen LogP contribution >= 0.6 is 11.6 Å². The van der Waals surface area contributed by atoms with E-state index in [9.17, 15) is 13.2 Å². The second-order valence-electron chi connectivity index (χ2n) is 4.20. The van der Waals surface area contributed by atoms with Crippen LogP contribution in [-0.2, 0) is 21.4 Å². The van der Waals surface area contributed by atoms with Crippen molar-refractivity contribution < 1.29 is 13.2 Å². The first kappa shape index (κ1) is 15.3. The Morgan fingerprint density at radius 1 is 1.38 bits per heavy atom. The van der Waals surface area contributed by atoms with E-state index in [0.29, 0.717) is 10.7 Å². The lowest BCUT2D eigenvalue weighted by Crippen LogP contribution is -2.19. The second kappa shape index (κ2) is 6.10. The minimum atomic E-state index is -3.43. The molecule has 0 atom stereocenters. The predicted octanol–water partition coefficient (Wildman–Crippen LogP) is 0.942. The molecule has 112 valence electrons. The molecule has 2 rings (SSSR count). The number of carbonyl (C=O) groups excluding carboxylic acids is 1. The van der Waals surface area contributed by atoms with Gasteiger partial charge in [0.15, 0.2) is 5.82 Å². The fourth-order valence-corrected chi connectivity index (χ4v) is 2.17. The van der Waals surface area contributed by atoms with E-state index in [4.69, 9.17) is 11.6 Å². The zero-order valence-electron chi connectivity index (χ0n) is 10.9. The molecule has 0 saturated heterocycles. The SMILES string of the molecule is CS(=O)(=O)Nc1cn(CC(=O)Nc2ccccc2Cl)nn1. The number of anilines is 2. The number of carbonyl (C=O) groups is 1. The minimum Gasteiger partial charge on any atom is -0.323 e. The summed E-state index contributed by atoms with van der Waals surface area (Å²) in [5.41, 5.74) is 0.485. The molecule has 0 aliphatic carbocycles. The first-order valence-electron chi connectivity index (χ1n) is 5.76. The Bertz CT molecular complexity index is 759. The number of rotatable bonds is 5. The number of hydrogen-bond acceptors (Lipinski definition) is 5. The monoisotopic (exact) mass is 329 g/mol. The summed E-state index contributed by atoms with van der Waals surface area (Å²) in [6.07, 6.45) is 2.31. The molecule has 1 amide bonds. The third kappa shape index (κ3) is 4.72. The second-order valence-corrected chi connectivity index (χ2v) is 6.36. The van der Waals surface area contributed by atoms with Crippen molar-refractivity contribution in [2.75, 3.05) is 16.3 Å². The Kier molecular flexibility index (Phi) is 4.43. The fourth-order valence-electron chi connectivity index (χ4n) is 1.51. The summed E-state index contributed by atoms with van der Waals surface area (Å²) in [5.74, 6) is -0.318. The molecule has 1 aromatic heterocycles. The summed E-state index contributed by atoms with van der Waals surface area (Å²) < 4.78 is 25.4. The van der Waals surface area contributed by atoms with Crippen LogP contribution in [0.4, 0.5) is 11.5 Å². The number of nitrogens with one attached hydrogen (secondary N) is 2. The van der Waals surface area contributed by atoms with Crippen LogP contribution < -0.4 is 10.0 Å². The fraction of sp³-hybridized carbons (Fsp3) is 0.182. The van der Waals surface area contributed by atoms with Gasteiger partial charge < -0.3 is 5.32 Å². The minimum absolute atomic E-state index is 0.0445. The number of amides is 1. The zero-order valence-corrected chi connectivity index (χ0v) is 12.5. The molecule has 21 heavy (non-hydrogen) atoms. The van der Waals surface area contributed by atoms with E-state index in [1.165, 1.54) is 10.9 Å². The van der Waals surface area contributed by atoms with Gasteiger partial charge in [-0.3, -0.25) is 9.52 Å². The highest BCUT2D eigenvalue weighted by atomic mass is 35.5. The molecule has 8 nitrogen and oxygen atoms in total. The van der Waals surface area contributed by atoms with Gasteiger partial charge in [-0.1, -0.05) is 28.9 Å². The third-order valence-corrected chi connectivity index (χ3v) is 3.19. The molecular formula is C11H12ClN5O3S. The molecule has 0 spiro atoms. The Labute approximate surface area is 126 Å². The molecule has 1 heterocycles. The van der Waals surface area contributed by atoms with Gasteiger partial charge in [0.1, 0.15) is 6.54 Å². The van der Waals surface area contributed by atoms with Crippen molar-refractivity contribution in [1.82, 2.24) is 15.0 Å². The highest BCUT2D eigenvalue weighted by Crippen LogP contribution is 2.20. The molecule has 2 aromatic rings. The van der Waals surface area contributed by atoms with Crippen LogP contribution in [0.3, 0.4) is 0 Å². The number of benzene rings is 1. The summed E-state index contributed by atoms with van der Waals surface area (Å²) in [4.78, 5) is 11.8. The van der Waals surface area contributed by atoms with Crippen LogP contribution in [0.1, 0.15) is 0 Å². The van der Waals surface area contributed by atoms with E-state index >= 15 is 0 Å². The smallest absolute Gasteiger partial charge is 0.246 e. The Morgan fingerprint density at radius 3 is 2.76 bits per heavy atom. The van der Waals surface area contributed by atoms with Crippen molar-refractivity contribution in [3.8, 4) is 0 Å². The standard InChI is InChI=1S/C11H12ClN5O3S/c1-21(19,20)15-10-6-17(16-14-10)7-11(18)13-9-5-3-2-4-8(9)12/h2-6,15H,7H2,1H3,(H,13,18). The van der Waals surface area contributed by atoms with Crippen molar-refractivity contribution in [3.63, 3.8) is 0 Å². The summed E-state index contributed by atoms with van der Waals surface area (Å²) in [5, 5.41) is 10.3. The molecule has 0 bridgehead atoms. The summed E-state index contributed by atoms with van der Waals surface area (Å²) in [6.45, 7) is -0.121. The number of para-hydroxylation sites is 1. The Hall–Kier alpha value is -2.13. The van der Waals surface area contributed by atoms with Crippen molar-refractivity contribution in [1.29, 1.82) is 0 Å². The van der Waals surface area contributed by atoms with Crippen LogP contribution in [0.2, 0.25) is 5.02 Å². The quantitative estimate of drug-likeness (QED) is 0.849. The number of nitrogens with zero attached hydrogens (tertiary/aromatic N) is 3. The van der Waals surface area contributed by atoms with Crippen molar-refractivity contribution in [3.05, 3.63) is 35.5 Å². The molecule has 10 heteroatoms. The van der Waals surface area contributed by atoms with E-state index in [0.717, 1.165) is 6.26 Å². The van der Waals surface area contributed by atoms with Crippen LogP contribution in [0.15, 0.2) is 30.5 Å². The molecule has 0 radical (unpaired) electrons. The molecule has 1 aromatic carbocycles. The summed E-state index contributed by atoms with van der Waals surface area (Å²) in [7, 11) is -3.43. The molecule has 0 aliphatic rings. The molecule has 0 aliphatic heterocycles. The molecule has 2 N–H and O–H groups in total. The van der Waals surface area contributed by atoms with Gasteiger partial charge >= 0.3 is 0 Å². The van der Waals surface area contributed by atoms with Crippen molar-refractivity contribution in [2.45, 2.75) is 6.54 Å². The van der Waals surface area contributed by atoms with Gasteiger partial charge in [-0.05, 0) is 12.1 Å². The predicted molar refractivity (Wildman–Crippen MR) is 78.6 cm³/mol. The lowest BCUT2D eigenvalue weighted by Gasteiger charge is -2.06. The van der Waals surface area contributed by atoms with Gasteiger partial charge in [0.05, 0.1) is 23.2 Å². The van der Waals surface area contributed by atoms with E-state index in [2.05, 4.69) is 20.4 Å². The van der Waals surface area contributed by atoms with Crippen LogP contribution in [0, 0.1) is 0 Å². The molecule has 0 unspecified atom stereocenters. The largest absolute Gasteiger partial charge is 0.323 e. The van der Waals surface area contributed by atoms with Crippen molar-refractivity contribution >= 4 is 39.0 Å². The average molecular weight is 330 g/mol. The van der Waals surface area contributed by atoms with E-state index in [1.807, 2.05) is 0 Å². The topological polar surface area (TPSA) is 106 Å². The molecular weight excluding hydrogens is 318 g/mol. The first-order chi connectivity index (χ1) is 9.83. The third-order valence-electron chi connectivity index (χ3n) is 2.28. The summed E-state index contributed by atoms with van der Waals surface area (Å²) in [6, 6.07) is 6.81. The maximum absolute atomic E-state index is 11.8. The first-order valence-corrected chi connectivity index (χ1v) is 8.03. The van der Waals surface area contributed by atoms with Crippen LogP contribution in [0.25, 0.3) is 0 Å². The lowest BCUT2D eigenvalue weighted by molar-refractivity contribution is -0.116. The highest BCUT2D eigenvalue weighted by Gasteiger charge is 2.10. The molecule has 0 fully saturated rings. The lowest BCUT2D eigenvalue weighted by atomic mass is 10.3. The Morgan fingerprint density at radius 2 is 2.10 bits per heavy atom. The maximum Gasteiger partial charge on any atom is 0.246 e. The van der Waals surface area contributed by atoms with Crippen LogP contribution in [0.5, 0.6) is 0 Å². The van der Waals surface area contributed by atoms with Crippen LogP contribution in [-0.4, -0.2) is 35.6 Å². The van der Waals surface area contributed by atoms with Gasteiger partial charge in [-0.2, -0.15) is 0 Å². The molecule has 0 saturated carbocycles. The number of aromatic nitrogens is 3.